The minimum atomic E-state index is -0.248. The molecule has 2 heterocycles. The molecule has 0 radical (unpaired) electrons. The molecule has 1 aliphatic heterocycles. The number of rotatable bonds is 5. The number of piperidine rings is 1. The molecule has 1 aliphatic rings. The quantitative estimate of drug-likeness (QED) is 0.615. The highest BCUT2D eigenvalue weighted by atomic mass is 16.5. The molecule has 0 aliphatic carbocycles. The van der Waals surface area contributed by atoms with Crippen LogP contribution >= 0.6 is 0 Å². The number of nitrogens with zero attached hydrogens (tertiary/aromatic N) is 1. The lowest BCUT2D eigenvalue weighted by atomic mass is 10.0. The van der Waals surface area contributed by atoms with Gasteiger partial charge in [-0.3, -0.25) is 9.59 Å². The third kappa shape index (κ3) is 4.17. The Bertz CT molecular complexity index is 1110. The molecule has 0 unspecified atom stereocenters. The van der Waals surface area contributed by atoms with E-state index in [0.717, 1.165) is 25.8 Å². The number of aryl methyl sites for hydroxylation is 1. The van der Waals surface area contributed by atoms with Crippen LogP contribution in [0.1, 0.15) is 31.9 Å². The second-order valence-corrected chi connectivity index (χ2v) is 7.61. The Morgan fingerprint density at radius 1 is 1.13 bits per heavy atom. The van der Waals surface area contributed by atoms with Crippen LogP contribution in [0.25, 0.3) is 11.0 Å². The van der Waals surface area contributed by atoms with Gasteiger partial charge in [-0.15, -0.1) is 0 Å². The first-order chi connectivity index (χ1) is 14.5. The molecule has 1 fully saturated rings. The van der Waals surface area contributed by atoms with Gasteiger partial charge in [0.05, 0.1) is 5.39 Å². The lowest BCUT2D eigenvalue weighted by Gasteiger charge is -2.33. The molecule has 1 amide bonds. The average Bonchev–Trinajstić information content (AvgIpc) is 2.76. The normalized spacial score (nSPS) is 16.5. The molecule has 0 N–H and O–H groups in total. The molecular weight excluding hydrogens is 382 g/mol. The van der Waals surface area contributed by atoms with E-state index in [1.807, 2.05) is 23.1 Å². The molecule has 1 saturated heterocycles. The standard InChI is InChI=1S/C24H25NO5/c1-16-8-6-7-13-25(16)22(26)15-28-19-11-12-20-21(14-19)29-17(2)24(23(20)27)30-18-9-4-3-5-10-18/h3-5,9-12,14,16H,6-8,13,15H2,1-2H3/t16-/m0/s1. The van der Waals surface area contributed by atoms with E-state index in [1.165, 1.54) is 0 Å². The van der Waals surface area contributed by atoms with E-state index >= 15 is 0 Å². The van der Waals surface area contributed by atoms with Gasteiger partial charge in [0.25, 0.3) is 5.91 Å². The molecule has 6 nitrogen and oxygen atoms in total. The van der Waals surface area contributed by atoms with Gasteiger partial charge in [0.2, 0.25) is 11.2 Å². The second kappa shape index (κ2) is 8.61. The predicted molar refractivity (Wildman–Crippen MR) is 114 cm³/mol. The topological polar surface area (TPSA) is 69.0 Å². The van der Waals surface area contributed by atoms with Crippen LogP contribution in [0.3, 0.4) is 0 Å². The van der Waals surface area contributed by atoms with Crippen molar-refractivity contribution in [1.29, 1.82) is 0 Å². The van der Waals surface area contributed by atoms with E-state index < -0.39 is 0 Å². The van der Waals surface area contributed by atoms with Gasteiger partial charge in [0.15, 0.2) is 6.61 Å². The van der Waals surface area contributed by atoms with Crippen LogP contribution in [-0.2, 0) is 4.79 Å². The molecule has 156 valence electrons. The largest absolute Gasteiger partial charge is 0.484 e. The Morgan fingerprint density at radius 2 is 1.93 bits per heavy atom. The van der Waals surface area contributed by atoms with Crippen LogP contribution in [-0.4, -0.2) is 30.0 Å². The number of likely N-dealkylation sites (tertiary alicyclic amines) is 1. The van der Waals surface area contributed by atoms with Crippen LogP contribution in [0.15, 0.2) is 57.7 Å². The molecule has 0 saturated carbocycles. The van der Waals surface area contributed by atoms with Crippen molar-refractivity contribution < 1.29 is 18.7 Å². The van der Waals surface area contributed by atoms with Gasteiger partial charge >= 0.3 is 0 Å². The van der Waals surface area contributed by atoms with Gasteiger partial charge < -0.3 is 18.8 Å². The van der Waals surface area contributed by atoms with E-state index in [-0.39, 0.29) is 29.7 Å². The molecule has 3 aromatic rings. The Hall–Kier alpha value is -3.28. The van der Waals surface area contributed by atoms with Crippen LogP contribution in [0.2, 0.25) is 0 Å². The van der Waals surface area contributed by atoms with E-state index in [4.69, 9.17) is 13.9 Å². The first kappa shape index (κ1) is 20.0. The molecule has 0 bridgehead atoms. The zero-order chi connectivity index (χ0) is 21.1. The van der Waals surface area contributed by atoms with Crippen molar-refractivity contribution in [3.8, 4) is 17.2 Å². The lowest BCUT2D eigenvalue weighted by Crippen LogP contribution is -2.44. The molecule has 4 rings (SSSR count). The fourth-order valence-electron chi connectivity index (χ4n) is 3.78. The molecule has 1 aromatic heterocycles. The van der Waals surface area contributed by atoms with Gasteiger partial charge in [0, 0.05) is 18.7 Å². The van der Waals surface area contributed by atoms with Crippen molar-refractivity contribution in [2.75, 3.05) is 13.2 Å². The first-order valence-electron chi connectivity index (χ1n) is 10.3. The summed E-state index contributed by atoms with van der Waals surface area (Å²) in [7, 11) is 0. The minimum absolute atomic E-state index is 0.0217. The van der Waals surface area contributed by atoms with Gasteiger partial charge in [-0.05, 0) is 57.4 Å². The summed E-state index contributed by atoms with van der Waals surface area (Å²) in [6.45, 7) is 4.50. The third-order valence-corrected chi connectivity index (χ3v) is 5.44. The van der Waals surface area contributed by atoms with Crippen molar-refractivity contribution in [2.45, 2.75) is 39.2 Å². The summed E-state index contributed by atoms with van der Waals surface area (Å²) in [5, 5.41) is 0.398. The number of hydrogen-bond acceptors (Lipinski definition) is 5. The Morgan fingerprint density at radius 3 is 2.70 bits per heavy atom. The van der Waals surface area contributed by atoms with Crippen LogP contribution in [0, 0.1) is 6.92 Å². The van der Waals surface area contributed by atoms with Gasteiger partial charge in [-0.2, -0.15) is 0 Å². The number of ether oxygens (including phenoxy) is 2. The fraction of sp³-hybridized carbons (Fsp3) is 0.333. The first-order valence-corrected chi connectivity index (χ1v) is 10.3. The second-order valence-electron chi connectivity index (χ2n) is 7.61. The van der Waals surface area contributed by atoms with Crippen LogP contribution < -0.4 is 14.9 Å². The van der Waals surface area contributed by atoms with Gasteiger partial charge in [0.1, 0.15) is 22.8 Å². The highest BCUT2D eigenvalue weighted by Crippen LogP contribution is 2.27. The van der Waals surface area contributed by atoms with Crippen LogP contribution in [0.5, 0.6) is 17.2 Å². The number of amides is 1. The van der Waals surface area contributed by atoms with E-state index in [9.17, 15) is 9.59 Å². The Labute approximate surface area is 175 Å². The minimum Gasteiger partial charge on any atom is -0.484 e. The van der Waals surface area contributed by atoms with Crippen molar-refractivity contribution in [2.24, 2.45) is 0 Å². The van der Waals surface area contributed by atoms with Gasteiger partial charge in [-0.25, -0.2) is 0 Å². The zero-order valence-electron chi connectivity index (χ0n) is 17.2. The number of carbonyl (C=O) groups excluding carboxylic acids is 1. The van der Waals surface area contributed by atoms with Crippen molar-refractivity contribution in [3.05, 3.63) is 64.5 Å². The smallest absolute Gasteiger partial charge is 0.260 e. The zero-order valence-corrected chi connectivity index (χ0v) is 17.2. The summed E-state index contributed by atoms with van der Waals surface area (Å²) in [5.41, 5.74) is 0.150. The van der Waals surface area contributed by atoms with Crippen molar-refractivity contribution in [3.63, 3.8) is 0 Å². The highest BCUT2D eigenvalue weighted by Gasteiger charge is 2.23. The maximum Gasteiger partial charge on any atom is 0.260 e. The van der Waals surface area contributed by atoms with Gasteiger partial charge in [-0.1, -0.05) is 18.2 Å². The molecule has 6 heteroatoms. The maximum atomic E-state index is 12.9. The molecule has 0 spiro atoms. The summed E-state index contributed by atoms with van der Waals surface area (Å²) in [5.74, 6) is 1.58. The van der Waals surface area contributed by atoms with Crippen molar-refractivity contribution in [1.82, 2.24) is 4.90 Å². The van der Waals surface area contributed by atoms with E-state index in [0.29, 0.717) is 28.2 Å². The summed E-state index contributed by atoms with van der Waals surface area (Å²) in [4.78, 5) is 27.2. The molecular formula is C24H25NO5. The summed E-state index contributed by atoms with van der Waals surface area (Å²) >= 11 is 0. The molecule has 1 atom stereocenters. The Kier molecular flexibility index (Phi) is 5.74. The molecule has 30 heavy (non-hydrogen) atoms. The summed E-state index contributed by atoms with van der Waals surface area (Å²) in [6, 6.07) is 14.3. The number of hydrogen-bond donors (Lipinski definition) is 0. The monoisotopic (exact) mass is 407 g/mol. The Balaban J connectivity index is 1.52. The number of para-hydroxylation sites is 1. The summed E-state index contributed by atoms with van der Waals surface area (Å²) < 4.78 is 17.3. The third-order valence-electron chi connectivity index (χ3n) is 5.44. The van der Waals surface area contributed by atoms with Crippen molar-refractivity contribution >= 4 is 16.9 Å². The highest BCUT2D eigenvalue weighted by molar-refractivity contribution is 5.80. The summed E-state index contributed by atoms with van der Waals surface area (Å²) in [6.07, 6.45) is 3.22. The number of benzene rings is 2. The van der Waals surface area contributed by atoms with E-state index in [1.54, 1.807) is 37.3 Å². The lowest BCUT2D eigenvalue weighted by molar-refractivity contribution is -0.136. The fourth-order valence-corrected chi connectivity index (χ4v) is 3.78. The van der Waals surface area contributed by atoms with E-state index in [2.05, 4.69) is 6.92 Å². The predicted octanol–water partition coefficient (Wildman–Crippen LogP) is 4.67. The number of fused-ring (bicyclic) bond motifs is 1. The SMILES string of the molecule is Cc1oc2cc(OCC(=O)N3CCCC[C@@H]3C)ccc2c(=O)c1Oc1ccccc1. The average molecular weight is 407 g/mol. The molecule has 2 aromatic carbocycles. The van der Waals surface area contributed by atoms with Crippen LogP contribution in [0.4, 0.5) is 0 Å². The maximum absolute atomic E-state index is 12.9. The number of carbonyl (C=O) groups is 1.